The van der Waals surface area contributed by atoms with E-state index in [0.717, 1.165) is 24.3 Å². The van der Waals surface area contributed by atoms with Gasteiger partial charge in [0.15, 0.2) is 0 Å². The molecule has 71 heavy (non-hydrogen) atoms. The molecule has 18 heteroatoms. The number of alkyl halides is 3. The molecule has 3 aromatic carbocycles. The summed E-state index contributed by atoms with van der Waals surface area (Å²) in [5.74, 6) is 0.243. The Bertz CT molecular complexity index is 1710. The van der Waals surface area contributed by atoms with Crippen LogP contribution < -0.4 is 10.1 Å². The lowest BCUT2D eigenvalue weighted by Gasteiger charge is -2.13. The highest BCUT2D eigenvalue weighted by atomic mass is 19.4. The third-order valence-corrected chi connectivity index (χ3v) is 10.3. The number of halogens is 3. The van der Waals surface area contributed by atoms with Gasteiger partial charge in [-0.25, -0.2) is 4.79 Å². The largest absolute Gasteiger partial charge is 0.491 e. The lowest BCUT2D eigenvalue weighted by atomic mass is 10.0. The molecule has 0 aromatic heterocycles. The zero-order valence-electron chi connectivity index (χ0n) is 41.9. The van der Waals surface area contributed by atoms with Gasteiger partial charge in [-0.2, -0.15) is 13.2 Å². The number of rotatable bonds is 48. The van der Waals surface area contributed by atoms with Crippen molar-refractivity contribution in [2.75, 3.05) is 164 Å². The van der Waals surface area contributed by atoms with Gasteiger partial charge < -0.3 is 66.9 Å². The zero-order valence-corrected chi connectivity index (χ0v) is 41.9. The van der Waals surface area contributed by atoms with Crippen molar-refractivity contribution in [1.82, 2.24) is 0 Å². The second-order valence-electron chi connectivity index (χ2n) is 16.0. The van der Waals surface area contributed by atoms with E-state index in [9.17, 15) is 18.0 Å². The van der Waals surface area contributed by atoms with E-state index in [1.165, 1.54) is 68.7 Å². The standard InChI is InChI=1S/C53H80F3NO14/c1-2-3-4-5-6-7-8-12-46-17-19-49(20-18-46)70-43-41-68-39-37-66-35-33-64-31-29-62-27-25-60-23-21-59-22-24-61-26-28-63-30-32-65-34-36-67-38-40-69-42-44-71-52(58)50-15-9-10-16-51(50)57-48-14-11-13-47(45-48)53(54,55)56/h9-11,13-20,45,57H,2-8,12,21-44H2,1H3. The number of unbranched alkanes of at least 4 members (excludes halogenated alkanes) is 6. The first-order valence-corrected chi connectivity index (χ1v) is 25.1. The number of aryl methyl sites for hydroxylation is 1. The summed E-state index contributed by atoms with van der Waals surface area (Å²) in [7, 11) is 0. The van der Waals surface area contributed by atoms with Crippen LogP contribution in [0.15, 0.2) is 72.8 Å². The number of ether oxygens (including phenoxy) is 13. The van der Waals surface area contributed by atoms with Crippen molar-refractivity contribution in [3.05, 3.63) is 89.5 Å². The maximum absolute atomic E-state index is 13.1. The normalized spacial score (nSPS) is 11.6. The molecule has 0 aliphatic rings. The average Bonchev–Trinajstić information content (AvgIpc) is 3.37. The van der Waals surface area contributed by atoms with Crippen LogP contribution >= 0.6 is 0 Å². The fourth-order valence-electron chi connectivity index (χ4n) is 6.53. The molecule has 15 nitrogen and oxygen atoms in total. The van der Waals surface area contributed by atoms with Gasteiger partial charge in [0.1, 0.15) is 19.0 Å². The average molecular weight is 1010 g/mol. The molecule has 0 bridgehead atoms. The van der Waals surface area contributed by atoms with E-state index in [2.05, 4.69) is 24.4 Å². The van der Waals surface area contributed by atoms with E-state index in [-0.39, 0.29) is 24.5 Å². The van der Waals surface area contributed by atoms with Crippen molar-refractivity contribution in [3.63, 3.8) is 0 Å². The predicted molar refractivity (Wildman–Crippen MR) is 264 cm³/mol. The van der Waals surface area contributed by atoms with Crippen molar-refractivity contribution in [1.29, 1.82) is 0 Å². The number of hydrogen-bond donors (Lipinski definition) is 1. The topological polar surface area (TPSA) is 149 Å². The molecule has 3 rings (SSSR count). The van der Waals surface area contributed by atoms with Crippen molar-refractivity contribution < 1.29 is 79.5 Å². The number of benzene rings is 3. The maximum Gasteiger partial charge on any atom is 0.416 e. The molecule has 0 spiro atoms. The second kappa shape index (κ2) is 42.6. The van der Waals surface area contributed by atoms with Crippen LogP contribution in [0.2, 0.25) is 0 Å². The molecule has 402 valence electrons. The van der Waals surface area contributed by atoms with Crippen LogP contribution in [0.4, 0.5) is 24.5 Å². The number of carbonyl (C=O) groups excluding carboxylic acids is 1. The minimum absolute atomic E-state index is 0.00558. The molecule has 0 atom stereocenters. The highest BCUT2D eigenvalue weighted by Crippen LogP contribution is 2.32. The van der Waals surface area contributed by atoms with E-state index < -0.39 is 17.7 Å². The van der Waals surface area contributed by atoms with Crippen LogP contribution in [0, 0.1) is 0 Å². The first-order chi connectivity index (χ1) is 34.9. The zero-order chi connectivity index (χ0) is 50.6. The quantitative estimate of drug-likeness (QED) is 0.0423. The molecule has 0 aliphatic carbocycles. The molecule has 1 N–H and O–H groups in total. The fourth-order valence-corrected chi connectivity index (χ4v) is 6.53. The number of anilines is 2. The molecule has 0 fully saturated rings. The molecule has 3 aromatic rings. The van der Waals surface area contributed by atoms with E-state index in [1.807, 2.05) is 12.1 Å². The van der Waals surface area contributed by atoms with Gasteiger partial charge in [0.25, 0.3) is 0 Å². The number of hydrogen-bond acceptors (Lipinski definition) is 15. The summed E-state index contributed by atoms with van der Waals surface area (Å²) in [6, 6.07) is 19.6. The lowest BCUT2D eigenvalue weighted by molar-refractivity contribution is -0.137. The van der Waals surface area contributed by atoms with Crippen LogP contribution in [0.5, 0.6) is 5.75 Å². The summed E-state index contributed by atoms with van der Waals surface area (Å²) in [5, 5.41) is 2.86. The highest BCUT2D eigenvalue weighted by Gasteiger charge is 2.30. The van der Waals surface area contributed by atoms with Gasteiger partial charge in [0.05, 0.1) is 162 Å². The van der Waals surface area contributed by atoms with Gasteiger partial charge in [-0.3, -0.25) is 0 Å². The van der Waals surface area contributed by atoms with Gasteiger partial charge in [-0.1, -0.05) is 75.8 Å². The van der Waals surface area contributed by atoms with Crippen molar-refractivity contribution in [2.24, 2.45) is 0 Å². The van der Waals surface area contributed by atoms with Crippen LogP contribution in [-0.2, 0) is 69.4 Å². The Morgan fingerprint density at radius 3 is 1.31 bits per heavy atom. The van der Waals surface area contributed by atoms with Gasteiger partial charge in [0.2, 0.25) is 0 Å². The number of para-hydroxylation sites is 1. The molecular formula is C53H80F3NO14. The van der Waals surface area contributed by atoms with Crippen LogP contribution in [0.25, 0.3) is 0 Å². The summed E-state index contributed by atoms with van der Waals surface area (Å²) >= 11 is 0. The summed E-state index contributed by atoms with van der Waals surface area (Å²) in [4.78, 5) is 12.6. The van der Waals surface area contributed by atoms with Gasteiger partial charge in [0, 0.05) is 5.69 Å². The molecule has 0 saturated carbocycles. The Labute approximate surface area is 419 Å². The Morgan fingerprint density at radius 1 is 0.451 bits per heavy atom. The third kappa shape index (κ3) is 33.4. The Hall–Kier alpha value is -3.92. The van der Waals surface area contributed by atoms with Crippen molar-refractivity contribution in [3.8, 4) is 5.75 Å². The van der Waals surface area contributed by atoms with E-state index in [1.54, 1.807) is 18.2 Å². The highest BCUT2D eigenvalue weighted by molar-refractivity contribution is 5.96. The van der Waals surface area contributed by atoms with Crippen LogP contribution in [0.3, 0.4) is 0 Å². The SMILES string of the molecule is CCCCCCCCCc1ccc(OCCOCCOCCOCCOCCOCCOCCOCCOCCOCCOCCOCCOC(=O)c2ccccc2Nc2cccc(C(F)(F)F)c2)cc1. The lowest BCUT2D eigenvalue weighted by Crippen LogP contribution is -2.16. The molecule has 0 aliphatic heterocycles. The molecule has 0 heterocycles. The smallest absolute Gasteiger partial charge is 0.416 e. The summed E-state index contributed by atoms with van der Waals surface area (Å²) in [6.45, 7) is 12.4. The minimum Gasteiger partial charge on any atom is -0.491 e. The van der Waals surface area contributed by atoms with Crippen molar-refractivity contribution >= 4 is 17.3 Å². The van der Waals surface area contributed by atoms with E-state index in [4.69, 9.17) is 61.6 Å². The number of nitrogens with one attached hydrogen (secondary N) is 1. The molecule has 0 saturated heterocycles. The van der Waals surface area contributed by atoms with E-state index >= 15 is 0 Å². The van der Waals surface area contributed by atoms with Crippen LogP contribution in [0.1, 0.15) is 73.4 Å². The molecule has 0 amide bonds. The maximum atomic E-state index is 13.1. The molecule has 0 radical (unpaired) electrons. The first-order valence-electron chi connectivity index (χ1n) is 25.1. The van der Waals surface area contributed by atoms with Crippen LogP contribution in [-0.4, -0.2) is 165 Å². The van der Waals surface area contributed by atoms with Crippen molar-refractivity contribution in [2.45, 2.75) is 64.5 Å². The monoisotopic (exact) mass is 1010 g/mol. The molecule has 0 unspecified atom stereocenters. The second-order valence-corrected chi connectivity index (χ2v) is 16.0. The first kappa shape index (κ1) is 61.4. The Kier molecular flexibility index (Phi) is 36.8. The molecular weight excluding hydrogens is 932 g/mol. The van der Waals surface area contributed by atoms with E-state index in [0.29, 0.717) is 151 Å². The number of carbonyl (C=O) groups is 1. The summed E-state index contributed by atoms with van der Waals surface area (Å²) in [5.41, 5.74) is 1.27. The Balaban J connectivity index is 0.946. The predicted octanol–water partition coefficient (Wildman–Crippen LogP) is 9.16. The fraction of sp³-hybridized carbons (Fsp3) is 0.642. The number of esters is 1. The van der Waals surface area contributed by atoms with Gasteiger partial charge in [-0.15, -0.1) is 0 Å². The minimum atomic E-state index is -4.48. The third-order valence-electron chi connectivity index (χ3n) is 10.3. The Morgan fingerprint density at radius 2 is 0.859 bits per heavy atom. The van der Waals surface area contributed by atoms with Gasteiger partial charge >= 0.3 is 12.1 Å². The summed E-state index contributed by atoms with van der Waals surface area (Å²) in [6.07, 6.45) is 5.94. The summed E-state index contributed by atoms with van der Waals surface area (Å²) < 4.78 is 111. The van der Waals surface area contributed by atoms with Gasteiger partial charge in [-0.05, 0) is 60.9 Å².